The predicted octanol–water partition coefficient (Wildman–Crippen LogP) is 3.64. The van der Waals surface area contributed by atoms with Crippen molar-refractivity contribution in [3.8, 4) is 0 Å². The Kier molecular flexibility index (Phi) is 3.42. The lowest BCUT2D eigenvalue weighted by molar-refractivity contribution is 0.0705. The van der Waals surface area contributed by atoms with Gasteiger partial charge in [0.05, 0.1) is 16.6 Å². The molecule has 1 atom stereocenters. The Hall–Kier alpha value is -2.14. The molecule has 1 saturated heterocycles. The van der Waals surface area contributed by atoms with Crippen LogP contribution in [0.5, 0.6) is 0 Å². The van der Waals surface area contributed by atoms with Crippen LogP contribution in [0.1, 0.15) is 34.9 Å². The van der Waals surface area contributed by atoms with Crippen molar-refractivity contribution in [2.24, 2.45) is 0 Å². The van der Waals surface area contributed by atoms with Crippen LogP contribution in [0, 0.1) is 0 Å². The van der Waals surface area contributed by atoms with E-state index in [1.807, 2.05) is 46.0 Å². The third-order valence-electron chi connectivity index (χ3n) is 4.27. The average molecular weight is 311 g/mol. The van der Waals surface area contributed by atoms with Crippen LogP contribution >= 0.6 is 11.3 Å². The van der Waals surface area contributed by atoms with Gasteiger partial charge in [-0.25, -0.2) is 4.98 Å². The van der Waals surface area contributed by atoms with E-state index < -0.39 is 0 Å². The molecule has 112 valence electrons. The first-order chi connectivity index (χ1) is 10.8. The Bertz CT molecular complexity index is 760. The van der Waals surface area contributed by atoms with E-state index >= 15 is 0 Å². The number of fused-ring (bicyclic) bond motifs is 1. The largest absolute Gasteiger partial charge is 0.342 e. The molecule has 0 spiro atoms. The summed E-state index contributed by atoms with van der Waals surface area (Å²) in [6.45, 7) is 1.58. The quantitative estimate of drug-likeness (QED) is 0.785. The van der Waals surface area contributed by atoms with Gasteiger partial charge in [-0.3, -0.25) is 4.79 Å². The minimum atomic E-state index is 0.141. The smallest absolute Gasteiger partial charge is 0.254 e. The second kappa shape index (κ2) is 5.57. The van der Waals surface area contributed by atoms with Crippen molar-refractivity contribution in [1.82, 2.24) is 14.9 Å². The lowest BCUT2D eigenvalue weighted by Crippen LogP contribution is -2.39. The number of hydrogen-bond donors (Lipinski definition) is 1. The lowest BCUT2D eigenvalue weighted by Gasteiger charge is -2.31. The summed E-state index contributed by atoms with van der Waals surface area (Å²) in [6.07, 6.45) is 2.10. The van der Waals surface area contributed by atoms with Crippen molar-refractivity contribution in [2.75, 3.05) is 13.1 Å². The molecular formula is C17H17N3OS. The number of para-hydroxylation sites is 2. The number of H-pyrrole nitrogens is 1. The summed E-state index contributed by atoms with van der Waals surface area (Å²) >= 11 is 1.57. The van der Waals surface area contributed by atoms with Gasteiger partial charge in [-0.2, -0.15) is 11.3 Å². The highest BCUT2D eigenvalue weighted by Gasteiger charge is 2.27. The number of thiophene rings is 1. The van der Waals surface area contributed by atoms with Crippen LogP contribution in [0.25, 0.3) is 11.0 Å². The molecule has 3 aromatic rings. The Morgan fingerprint density at radius 2 is 2.23 bits per heavy atom. The van der Waals surface area contributed by atoms with E-state index in [1.54, 1.807) is 11.3 Å². The van der Waals surface area contributed by atoms with Gasteiger partial charge in [-0.1, -0.05) is 12.1 Å². The fourth-order valence-electron chi connectivity index (χ4n) is 3.12. The number of likely N-dealkylation sites (tertiary alicyclic amines) is 1. The second-order valence-electron chi connectivity index (χ2n) is 5.74. The standard InChI is InChI=1S/C17H17N3OS/c21-17(13-7-9-22-11-13)20-8-3-4-12(10-20)16-18-14-5-1-2-6-15(14)19-16/h1-2,5-7,9,11-12H,3-4,8,10H2,(H,18,19). The number of nitrogens with one attached hydrogen (secondary N) is 1. The van der Waals surface area contributed by atoms with E-state index in [2.05, 4.69) is 4.98 Å². The van der Waals surface area contributed by atoms with Gasteiger partial charge in [0.15, 0.2) is 0 Å². The van der Waals surface area contributed by atoms with E-state index in [4.69, 9.17) is 4.98 Å². The topological polar surface area (TPSA) is 49.0 Å². The zero-order valence-electron chi connectivity index (χ0n) is 12.2. The van der Waals surface area contributed by atoms with E-state index in [-0.39, 0.29) is 5.91 Å². The van der Waals surface area contributed by atoms with Crippen LogP contribution < -0.4 is 0 Å². The van der Waals surface area contributed by atoms with E-state index in [0.29, 0.717) is 5.92 Å². The van der Waals surface area contributed by atoms with Gasteiger partial charge >= 0.3 is 0 Å². The minimum Gasteiger partial charge on any atom is -0.342 e. The number of rotatable bonds is 2. The van der Waals surface area contributed by atoms with Crippen LogP contribution in [-0.4, -0.2) is 33.9 Å². The third-order valence-corrected chi connectivity index (χ3v) is 4.95. The fraction of sp³-hybridized carbons (Fsp3) is 0.294. The number of nitrogens with zero attached hydrogens (tertiary/aromatic N) is 2. The van der Waals surface area contributed by atoms with Crippen molar-refractivity contribution in [3.05, 3.63) is 52.5 Å². The van der Waals surface area contributed by atoms with Crippen LogP contribution in [0.15, 0.2) is 41.1 Å². The molecule has 2 aromatic heterocycles. The zero-order valence-corrected chi connectivity index (χ0v) is 13.0. The number of benzene rings is 1. The van der Waals surface area contributed by atoms with Gasteiger partial charge in [0.1, 0.15) is 5.82 Å². The summed E-state index contributed by atoms with van der Waals surface area (Å²) < 4.78 is 0. The molecule has 0 saturated carbocycles. The van der Waals surface area contributed by atoms with E-state index in [1.165, 1.54) is 0 Å². The number of carbonyl (C=O) groups is 1. The number of aromatic nitrogens is 2. The van der Waals surface area contributed by atoms with Crippen LogP contribution in [0.3, 0.4) is 0 Å². The molecule has 1 amide bonds. The molecule has 4 nitrogen and oxygen atoms in total. The number of amides is 1. The highest BCUT2D eigenvalue weighted by atomic mass is 32.1. The molecule has 1 aliphatic rings. The van der Waals surface area contributed by atoms with Crippen molar-refractivity contribution in [3.63, 3.8) is 0 Å². The number of carbonyl (C=O) groups excluding carboxylic acids is 1. The Morgan fingerprint density at radius 1 is 1.32 bits per heavy atom. The van der Waals surface area contributed by atoms with E-state index in [9.17, 15) is 4.79 Å². The molecule has 1 aliphatic heterocycles. The SMILES string of the molecule is O=C(c1ccsc1)N1CCCC(c2nc3ccccc3[nH]2)C1. The molecule has 4 rings (SSSR count). The summed E-state index contributed by atoms with van der Waals surface area (Å²) in [5.41, 5.74) is 2.87. The minimum absolute atomic E-state index is 0.141. The fourth-order valence-corrected chi connectivity index (χ4v) is 3.75. The van der Waals surface area contributed by atoms with Crippen molar-refractivity contribution < 1.29 is 4.79 Å². The molecule has 1 aromatic carbocycles. The summed E-state index contributed by atoms with van der Waals surface area (Å²) in [5, 5.41) is 3.88. The number of hydrogen-bond acceptors (Lipinski definition) is 3. The molecule has 1 unspecified atom stereocenters. The Balaban J connectivity index is 1.56. The first kappa shape index (κ1) is 13.5. The van der Waals surface area contributed by atoms with Crippen molar-refractivity contribution in [1.29, 1.82) is 0 Å². The van der Waals surface area contributed by atoms with Gasteiger partial charge in [0.2, 0.25) is 0 Å². The van der Waals surface area contributed by atoms with Crippen LogP contribution in [-0.2, 0) is 0 Å². The van der Waals surface area contributed by atoms with Crippen LogP contribution in [0.2, 0.25) is 0 Å². The molecule has 0 aliphatic carbocycles. The highest BCUT2D eigenvalue weighted by Crippen LogP contribution is 2.27. The van der Waals surface area contributed by atoms with Crippen molar-refractivity contribution >= 4 is 28.3 Å². The molecule has 22 heavy (non-hydrogen) atoms. The van der Waals surface area contributed by atoms with E-state index in [0.717, 1.165) is 48.4 Å². The van der Waals surface area contributed by atoms with Crippen LogP contribution in [0.4, 0.5) is 0 Å². The van der Waals surface area contributed by atoms with Gasteiger partial charge in [-0.15, -0.1) is 0 Å². The summed E-state index contributed by atoms with van der Waals surface area (Å²) in [7, 11) is 0. The average Bonchev–Trinajstić information content (AvgIpc) is 3.23. The maximum absolute atomic E-state index is 12.5. The molecule has 1 fully saturated rings. The molecule has 5 heteroatoms. The van der Waals surface area contributed by atoms with Gasteiger partial charge in [0.25, 0.3) is 5.91 Å². The molecular weight excluding hydrogens is 294 g/mol. The van der Waals surface area contributed by atoms with Gasteiger partial charge in [0, 0.05) is 24.4 Å². The van der Waals surface area contributed by atoms with Crippen molar-refractivity contribution in [2.45, 2.75) is 18.8 Å². The first-order valence-electron chi connectivity index (χ1n) is 7.57. The Morgan fingerprint density at radius 3 is 3.05 bits per heavy atom. The molecule has 0 radical (unpaired) electrons. The number of piperidine rings is 1. The highest BCUT2D eigenvalue weighted by molar-refractivity contribution is 7.08. The van der Waals surface area contributed by atoms with Gasteiger partial charge < -0.3 is 9.88 Å². The zero-order chi connectivity index (χ0) is 14.9. The summed E-state index contributed by atoms with van der Waals surface area (Å²) in [4.78, 5) is 22.6. The maximum Gasteiger partial charge on any atom is 0.254 e. The number of imidazole rings is 1. The van der Waals surface area contributed by atoms with Gasteiger partial charge in [-0.05, 0) is 36.4 Å². The first-order valence-corrected chi connectivity index (χ1v) is 8.51. The normalized spacial score (nSPS) is 18.7. The second-order valence-corrected chi connectivity index (χ2v) is 6.52. The maximum atomic E-state index is 12.5. The summed E-state index contributed by atoms with van der Waals surface area (Å²) in [6, 6.07) is 9.98. The lowest BCUT2D eigenvalue weighted by atomic mass is 9.97. The number of aromatic amines is 1. The summed E-state index contributed by atoms with van der Waals surface area (Å²) in [5.74, 6) is 1.44. The molecule has 0 bridgehead atoms. The third kappa shape index (κ3) is 2.41. The molecule has 1 N–H and O–H groups in total. The monoisotopic (exact) mass is 311 g/mol. The predicted molar refractivity (Wildman–Crippen MR) is 88.3 cm³/mol. The molecule has 3 heterocycles. The Labute approximate surface area is 132 Å².